The second-order valence-electron chi connectivity index (χ2n) is 23.9. The molecule has 0 aromatic rings. The third-order valence-electron chi connectivity index (χ3n) is 20.1. The molecule has 5 aliphatic carbocycles. The van der Waals surface area contributed by atoms with Crippen LogP contribution in [-0.2, 0) is 47.5 Å². The van der Waals surface area contributed by atoms with Crippen molar-refractivity contribution in [2.45, 2.75) is 218 Å². The van der Waals surface area contributed by atoms with Crippen LogP contribution in [-0.4, -0.2) is 192 Å². The number of carboxylic acid groups (broad SMARTS) is 2. The molecule has 21 nitrogen and oxygen atoms in total. The molecule has 0 aromatic carbocycles. The van der Waals surface area contributed by atoms with Crippen molar-refractivity contribution in [1.29, 1.82) is 0 Å². The first-order chi connectivity index (χ1) is 33.1. The highest BCUT2D eigenvalue weighted by Crippen LogP contribution is 2.76. The van der Waals surface area contributed by atoms with Gasteiger partial charge in [0.2, 0.25) is 0 Å². The second-order valence-corrected chi connectivity index (χ2v) is 23.9. The normalized spacial score (nSPS) is 54.0. The summed E-state index contributed by atoms with van der Waals surface area (Å²) in [6.45, 7) is 14.3. The van der Waals surface area contributed by atoms with Crippen molar-refractivity contribution in [2.75, 3.05) is 13.2 Å². The lowest BCUT2D eigenvalue weighted by atomic mass is 9.33. The number of ether oxygens (including phenoxy) is 7. The topological polar surface area (TPSA) is 338 Å². The summed E-state index contributed by atoms with van der Waals surface area (Å²) in [6, 6.07) is 0. The molecule has 3 saturated heterocycles. The zero-order valence-electron chi connectivity index (χ0n) is 41.9. The summed E-state index contributed by atoms with van der Waals surface area (Å²) < 4.78 is 42.1. The molecule has 7 fully saturated rings. The molecule has 2 unspecified atom stereocenters. The number of allylic oxidation sites excluding steroid dienone is 2. The maximum Gasteiger partial charge on any atom is 0.335 e. The molecule has 8 aliphatic rings. The Hall–Kier alpha value is -2.45. The molecular weight excluding hydrogens is 937 g/mol. The van der Waals surface area contributed by atoms with Crippen LogP contribution in [0.15, 0.2) is 11.6 Å². The first kappa shape index (κ1) is 54.8. The van der Waals surface area contributed by atoms with Gasteiger partial charge < -0.3 is 89.3 Å². The third kappa shape index (κ3) is 8.62. The van der Waals surface area contributed by atoms with Gasteiger partial charge in [0.05, 0.1) is 30.8 Å². The molecule has 8 rings (SSSR count). The molecule has 0 aromatic heterocycles. The number of esters is 1. The van der Waals surface area contributed by atoms with Gasteiger partial charge in [-0.25, -0.2) is 4.79 Å². The number of rotatable bonds is 11. The van der Waals surface area contributed by atoms with Crippen LogP contribution in [0.2, 0.25) is 0 Å². The third-order valence-corrected chi connectivity index (χ3v) is 20.1. The predicted molar refractivity (Wildman–Crippen MR) is 242 cm³/mol. The van der Waals surface area contributed by atoms with Crippen molar-refractivity contribution < 1.29 is 104 Å². The quantitative estimate of drug-likeness (QED) is 0.0755. The van der Waals surface area contributed by atoms with E-state index in [-0.39, 0.29) is 41.6 Å². The van der Waals surface area contributed by atoms with Gasteiger partial charge in [-0.15, -0.1) is 0 Å². The van der Waals surface area contributed by atoms with Gasteiger partial charge in [-0.3, -0.25) is 9.59 Å². The molecule has 404 valence electrons. The minimum Gasteiger partial charge on any atom is -0.481 e. The second kappa shape index (κ2) is 19.3. The van der Waals surface area contributed by atoms with Crippen molar-refractivity contribution in [3.63, 3.8) is 0 Å². The van der Waals surface area contributed by atoms with E-state index < -0.39 is 151 Å². The molecule has 0 spiro atoms. The van der Waals surface area contributed by atoms with Crippen LogP contribution in [0.5, 0.6) is 0 Å². The zero-order chi connectivity index (χ0) is 52.3. The summed E-state index contributed by atoms with van der Waals surface area (Å²) in [4.78, 5) is 37.9. The highest BCUT2D eigenvalue weighted by molar-refractivity contribution is 5.75. The van der Waals surface area contributed by atoms with Crippen molar-refractivity contribution >= 4 is 17.9 Å². The predicted octanol–water partition coefficient (Wildman–Crippen LogP) is 0.340. The molecule has 3 heterocycles. The van der Waals surface area contributed by atoms with E-state index in [1.54, 1.807) is 6.92 Å². The Bertz CT molecular complexity index is 2040. The number of carbonyl (C=O) groups is 3. The Morgan fingerprint density at radius 3 is 1.90 bits per heavy atom. The molecule has 0 bridgehead atoms. The summed E-state index contributed by atoms with van der Waals surface area (Å²) in [5.41, 5.74) is -2.39. The number of fused-ring (bicyclic) bond motifs is 7. The lowest BCUT2D eigenvalue weighted by Gasteiger charge is -2.71. The van der Waals surface area contributed by atoms with E-state index in [0.29, 0.717) is 32.1 Å². The number of carboxylic acids is 2. The molecular formula is C50H78O21. The number of hydrogen-bond acceptors (Lipinski definition) is 19. The van der Waals surface area contributed by atoms with Gasteiger partial charge in [0.1, 0.15) is 67.1 Å². The van der Waals surface area contributed by atoms with Crippen LogP contribution in [0.4, 0.5) is 0 Å². The summed E-state index contributed by atoms with van der Waals surface area (Å²) in [7, 11) is 0. The standard InChI is InChI=1S/C50H78O21/c1-21-30(54)32(56)36(60)41(65-21)70-38-33(57)31(55)25(19-51)67-42(38)71-39-35(59)34(58)37(40(61)62)69-43(39)68-28-12-13-47(5)26(48(28,6)20-52)11-14-50(8)27(47)10-9-23-24-17-45(3,44(63)64)18-29(66-22(2)53)46(24,4)15-16-49(23,50)7/h9,21,24-39,41-43,51-52,54-60H,10-20H2,1-8H3,(H,61,62)(H,63,64)/t21-,24-,25+,26?,27?,28-,29+,30-,31-,32+,33-,34-,35-,36+,37-,38+,39+,41-,42-,43+,45+,46+,47-,48+,49+,50+/m0/s1. The minimum absolute atomic E-state index is 0.0911. The van der Waals surface area contributed by atoms with E-state index in [2.05, 4.69) is 33.8 Å². The van der Waals surface area contributed by atoms with Crippen LogP contribution >= 0.6 is 0 Å². The highest BCUT2D eigenvalue weighted by atomic mass is 16.8. The average Bonchev–Trinajstić information content (AvgIpc) is 3.30. The fraction of sp³-hybridized carbons (Fsp3) is 0.900. The fourth-order valence-corrected chi connectivity index (χ4v) is 15.4. The molecule has 11 N–H and O–H groups in total. The van der Waals surface area contributed by atoms with Gasteiger partial charge >= 0.3 is 17.9 Å². The van der Waals surface area contributed by atoms with Crippen LogP contribution in [0, 0.1) is 50.2 Å². The van der Waals surface area contributed by atoms with E-state index in [1.807, 2.05) is 6.92 Å². The molecule has 71 heavy (non-hydrogen) atoms. The SMILES string of the molecule is CC(=O)O[C@@H]1C[C@](C)(C(=O)O)C[C@H]2C3=CCC4[C@@]5(C)CC[C@H](O[C@@H]6O[C@H](C(=O)O)[C@@H](O)[C@H](O)[C@H]6O[C@@H]6O[C@H](CO)[C@H](O)[C@H](O)[C@H]6O[C@@H]6O[C@@H](C)[C@H](O)[C@@H](O)[C@H]6O)[C@](C)(CO)C5CC[C@@]4(C)[C@]3(C)CC[C@@]12C. The van der Waals surface area contributed by atoms with Crippen molar-refractivity contribution in [1.82, 2.24) is 0 Å². The zero-order valence-corrected chi connectivity index (χ0v) is 41.9. The smallest absolute Gasteiger partial charge is 0.335 e. The number of aliphatic hydroxyl groups excluding tert-OH is 9. The largest absolute Gasteiger partial charge is 0.481 e. The maximum atomic E-state index is 12.9. The van der Waals surface area contributed by atoms with Gasteiger partial charge in [-0.05, 0) is 99.2 Å². The lowest BCUT2D eigenvalue weighted by Crippen LogP contribution is -2.68. The number of aliphatic hydroxyl groups is 9. The Kier molecular flexibility index (Phi) is 14.9. The minimum atomic E-state index is -2.11. The van der Waals surface area contributed by atoms with E-state index in [0.717, 1.165) is 19.3 Å². The fourth-order valence-electron chi connectivity index (χ4n) is 15.4. The molecule has 4 saturated carbocycles. The monoisotopic (exact) mass is 1010 g/mol. The summed E-state index contributed by atoms with van der Waals surface area (Å²) in [5, 5.41) is 119. The van der Waals surface area contributed by atoms with E-state index in [1.165, 1.54) is 19.4 Å². The van der Waals surface area contributed by atoms with Gasteiger partial charge in [-0.1, -0.05) is 46.3 Å². The van der Waals surface area contributed by atoms with E-state index >= 15 is 0 Å². The van der Waals surface area contributed by atoms with Crippen molar-refractivity contribution in [2.24, 2.45) is 50.2 Å². The van der Waals surface area contributed by atoms with Crippen molar-refractivity contribution in [3.05, 3.63) is 11.6 Å². The number of hydrogen-bond donors (Lipinski definition) is 11. The average molecular weight is 1020 g/mol. The molecule has 3 aliphatic heterocycles. The number of carbonyl (C=O) groups excluding carboxylic acids is 1. The van der Waals surface area contributed by atoms with Crippen LogP contribution < -0.4 is 0 Å². The lowest BCUT2D eigenvalue weighted by molar-refractivity contribution is -0.396. The maximum absolute atomic E-state index is 12.9. The molecule has 21 heteroatoms. The van der Waals surface area contributed by atoms with Gasteiger partial charge in [0.25, 0.3) is 0 Å². The highest BCUT2D eigenvalue weighted by Gasteiger charge is 2.71. The van der Waals surface area contributed by atoms with E-state index in [9.17, 15) is 70.6 Å². The Morgan fingerprint density at radius 2 is 1.30 bits per heavy atom. The first-order valence-corrected chi connectivity index (χ1v) is 25.3. The van der Waals surface area contributed by atoms with Crippen LogP contribution in [0.3, 0.4) is 0 Å². The Morgan fingerprint density at radius 1 is 0.662 bits per heavy atom. The van der Waals surface area contributed by atoms with Gasteiger partial charge in [0.15, 0.2) is 25.0 Å². The Balaban J connectivity index is 1.08. The van der Waals surface area contributed by atoms with Gasteiger partial charge in [0, 0.05) is 24.2 Å². The molecule has 0 radical (unpaired) electrons. The number of aliphatic carboxylic acids is 2. The van der Waals surface area contributed by atoms with Crippen LogP contribution in [0.1, 0.15) is 113 Å². The van der Waals surface area contributed by atoms with Crippen LogP contribution in [0.25, 0.3) is 0 Å². The molecule has 0 amide bonds. The Labute approximate surface area is 413 Å². The van der Waals surface area contributed by atoms with Crippen molar-refractivity contribution in [3.8, 4) is 0 Å². The first-order valence-electron chi connectivity index (χ1n) is 25.3. The summed E-state index contributed by atoms with van der Waals surface area (Å²) in [5.74, 6) is -3.23. The molecule has 26 atom stereocenters. The van der Waals surface area contributed by atoms with Gasteiger partial charge in [-0.2, -0.15) is 0 Å². The van der Waals surface area contributed by atoms with E-state index in [4.69, 9.17) is 33.2 Å². The summed E-state index contributed by atoms with van der Waals surface area (Å²) >= 11 is 0. The summed E-state index contributed by atoms with van der Waals surface area (Å²) in [6.07, 6.45) is -20.8.